The van der Waals surface area contributed by atoms with E-state index in [1.54, 1.807) is 7.11 Å². The van der Waals surface area contributed by atoms with Gasteiger partial charge in [0.25, 0.3) is 0 Å². The summed E-state index contributed by atoms with van der Waals surface area (Å²) in [5, 5.41) is 0. The van der Waals surface area contributed by atoms with Crippen LogP contribution in [0, 0.1) is 22.7 Å². The van der Waals surface area contributed by atoms with Gasteiger partial charge in [0.2, 0.25) is 0 Å². The fourth-order valence-electron chi connectivity index (χ4n) is 4.11. The first-order chi connectivity index (χ1) is 18.9. The SMILES string of the molecule is COc1ccc([C@H]2OC[C@H](COC(=O)C(C)(C)C)[C@H]([C@@H](COCc3ccccc3)COC(=O)C(C)(C)C)O2)cc1. The van der Waals surface area contributed by atoms with Crippen LogP contribution in [0.4, 0.5) is 0 Å². The number of carbonyl (C=O) groups is 2. The molecule has 4 atom stereocenters. The number of methoxy groups -OCH3 is 1. The molecule has 2 aromatic rings. The van der Waals surface area contributed by atoms with Gasteiger partial charge in [-0.1, -0.05) is 42.5 Å². The maximum atomic E-state index is 12.7. The summed E-state index contributed by atoms with van der Waals surface area (Å²) < 4.78 is 35.5. The normalized spacial score (nSPS) is 20.4. The van der Waals surface area contributed by atoms with Crippen molar-refractivity contribution in [1.82, 2.24) is 0 Å². The molecule has 0 aromatic heterocycles. The van der Waals surface area contributed by atoms with E-state index in [-0.39, 0.29) is 43.6 Å². The minimum Gasteiger partial charge on any atom is -0.497 e. The van der Waals surface area contributed by atoms with Crippen LogP contribution in [0.2, 0.25) is 0 Å². The van der Waals surface area contributed by atoms with Crippen LogP contribution < -0.4 is 4.74 Å². The van der Waals surface area contributed by atoms with Crippen LogP contribution in [0.25, 0.3) is 0 Å². The smallest absolute Gasteiger partial charge is 0.311 e. The summed E-state index contributed by atoms with van der Waals surface area (Å²) in [6.45, 7) is 12.1. The molecule has 1 aliphatic heterocycles. The van der Waals surface area contributed by atoms with Crippen molar-refractivity contribution in [3.63, 3.8) is 0 Å². The van der Waals surface area contributed by atoms with Crippen molar-refractivity contribution in [2.75, 3.05) is 33.5 Å². The lowest BCUT2D eigenvalue weighted by molar-refractivity contribution is -0.265. The third-order valence-electron chi connectivity index (χ3n) is 6.58. The lowest BCUT2D eigenvalue weighted by Gasteiger charge is -2.40. The number of esters is 2. The summed E-state index contributed by atoms with van der Waals surface area (Å²) in [6, 6.07) is 17.3. The van der Waals surface area contributed by atoms with Crippen LogP contribution in [0.15, 0.2) is 54.6 Å². The highest BCUT2D eigenvalue weighted by Gasteiger charge is 2.40. The molecule has 3 rings (SSSR count). The van der Waals surface area contributed by atoms with Crippen molar-refractivity contribution < 1.29 is 38.0 Å². The van der Waals surface area contributed by atoms with Gasteiger partial charge in [-0.2, -0.15) is 0 Å². The minimum absolute atomic E-state index is 0.0919. The molecule has 1 heterocycles. The van der Waals surface area contributed by atoms with E-state index in [2.05, 4.69) is 0 Å². The van der Waals surface area contributed by atoms with Gasteiger partial charge in [0.05, 0.1) is 57.1 Å². The Morgan fingerprint density at radius 1 is 0.875 bits per heavy atom. The fraction of sp³-hybridized carbons (Fsp3) is 0.562. The van der Waals surface area contributed by atoms with Gasteiger partial charge >= 0.3 is 11.9 Å². The lowest BCUT2D eigenvalue weighted by Crippen LogP contribution is -2.47. The molecule has 8 nitrogen and oxygen atoms in total. The zero-order valence-corrected chi connectivity index (χ0v) is 24.8. The Kier molecular flexibility index (Phi) is 11.1. The molecule has 0 saturated carbocycles. The van der Waals surface area contributed by atoms with Gasteiger partial charge in [-0.05, 0) is 59.2 Å². The first kappa shape index (κ1) is 31.6. The second-order valence-electron chi connectivity index (χ2n) is 12.3. The van der Waals surface area contributed by atoms with E-state index in [1.165, 1.54) is 0 Å². The predicted molar refractivity (Wildman–Crippen MR) is 150 cm³/mol. The third kappa shape index (κ3) is 9.32. The van der Waals surface area contributed by atoms with E-state index >= 15 is 0 Å². The molecule has 0 aliphatic carbocycles. The predicted octanol–water partition coefficient (Wildman–Crippen LogP) is 5.74. The average molecular weight is 557 g/mol. The van der Waals surface area contributed by atoms with Crippen molar-refractivity contribution in [2.45, 2.75) is 60.5 Å². The monoisotopic (exact) mass is 556 g/mol. The summed E-state index contributed by atoms with van der Waals surface area (Å²) in [4.78, 5) is 25.3. The lowest BCUT2D eigenvalue weighted by atomic mass is 9.90. The van der Waals surface area contributed by atoms with Gasteiger partial charge in [-0.3, -0.25) is 9.59 Å². The van der Waals surface area contributed by atoms with Gasteiger partial charge < -0.3 is 28.4 Å². The molecule has 0 N–H and O–H groups in total. The molecule has 0 amide bonds. The average Bonchev–Trinajstić information content (AvgIpc) is 2.93. The summed E-state index contributed by atoms with van der Waals surface area (Å²) in [5.74, 6) is -0.517. The van der Waals surface area contributed by atoms with Crippen molar-refractivity contribution in [3.05, 3.63) is 65.7 Å². The third-order valence-corrected chi connectivity index (χ3v) is 6.58. The maximum absolute atomic E-state index is 12.7. The number of carbonyl (C=O) groups excluding carboxylic acids is 2. The number of benzene rings is 2. The van der Waals surface area contributed by atoms with Gasteiger partial charge in [0, 0.05) is 17.4 Å². The molecule has 1 fully saturated rings. The second-order valence-corrected chi connectivity index (χ2v) is 12.3. The Hall–Kier alpha value is -2.94. The van der Waals surface area contributed by atoms with Crippen LogP contribution in [-0.2, 0) is 39.9 Å². The van der Waals surface area contributed by atoms with E-state index in [0.717, 1.165) is 16.9 Å². The van der Waals surface area contributed by atoms with E-state index in [0.29, 0.717) is 13.2 Å². The van der Waals surface area contributed by atoms with Crippen molar-refractivity contribution in [1.29, 1.82) is 0 Å². The van der Waals surface area contributed by atoms with Crippen molar-refractivity contribution in [3.8, 4) is 5.75 Å². The molecule has 0 spiro atoms. The number of rotatable bonds is 11. The quantitative estimate of drug-likeness (QED) is 0.324. The molecule has 2 aromatic carbocycles. The Bertz CT molecular complexity index is 1070. The minimum atomic E-state index is -0.654. The summed E-state index contributed by atoms with van der Waals surface area (Å²) in [7, 11) is 1.61. The maximum Gasteiger partial charge on any atom is 0.311 e. The first-order valence-electron chi connectivity index (χ1n) is 13.8. The van der Waals surface area contributed by atoms with Gasteiger partial charge in [-0.25, -0.2) is 0 Å². The molecule has 0 radical (unpaired) electrons. The van der Waals surface area contributed by atoms with Crippen molar-refractivity contribution in [2.24, 2.45) is 22.7 Å². The van der Waals surface area contributed by atoms with Crippen LogP contribution in [0.3, 0.4) is 0 Å². The standard InChI is InChI=1S/C32H44O8/c1-31(2,3)29(33)38-20-24(18-36-17-22-11-9-8-10-12-22)27-25(21-39-30(34)32(4,5)6)19-37-28(40-27)23-13-15-26(35-7)16-14-23/h8-16,24-25,27-28H,17-21H2,1-7H3/t24-,25+,27-,28-/m0/s1. The number of hydrogen-bond acceptors (Lipinski definition) is 8. The highest BCUT2D eigenvalue weighted by atomic mass is 16.7. The summed E-state index contributed by atoms with van der Waals surface area (Å²) in [6.07, 6.45) is -1.13. The molecule has 8 heteroatoms. The van der Waals surface area contributed by atoms with E-state index < -0.39 is 23.2 Å². The fourth-order valence-corrected chi connectivity index (χ4v) is 4.11. The largest absolute Gasteiger partial charge is 0.497 e. The Morgan fingerprint density at radius 2 is 1.50 bits per heavy atom. The van der Waals surface area contributed by atoms with E-state index in [1.807, 2.05) is 96.1 Å². The molecule has 40 heavy (non-hydrogen) atoms. The summed E-state index contributed by atoms with van der Waals surface area (Å²) in [5.41, 5.74) is 0.566. The number of hydrogen-bond donors (Lipinski definition) is 0. The van der Waals surface area contributed by atoms with E-state index in [4.69, 9.17) is 28.4 Å². The van der Waals surface area contributed by atoms with Crippen LogP contribution in [0.1, 0.15) is 59.0 Å². The second kappa shape index (κ2) is 14.1. The van der Waals surface area contributed by atoms with Crippen LogP contribution in [0.5, 0.6) is 5.75 Å². The molecule has 0 unspecified atom stereocenters. The molecular formula is C32H44O8. The van der Waals surface area contributed by atoms with Crippen LogP contribution >= 0.6 is 0 Å². The Labute approximate surface area is 238 Å². The van der Waals surface area contributed by atoms with Gasteiger partial charge in [0.1, 0.15) is 5.75 Å². The highest BCUT2D eigenvalue weighted by molar-refractivity contribution is 5.75. The highest BCUT2D eigenvalue weighted by Crippen LogP contribution is 2.35. The van der Waals surface area contributed by atoms with Crippen LogP contribution in [-0.4, -0.2) is 51.6 Å². The van der Waals surface area contributed by atoms with Gasteiger partial charge in [0.15, 0.2) is 6.29 Å². The zero-order valence-electron chi connectivity index (χ0n) is 24.8. The van der Waals surface area contributed by atoms with Crippen molar-refractivity contribution >= 4 is 11.9 Å². The Morgan fingerprint density at radius 3 is 2.10 bits per heavy atom. The van der Waals surface area contributed by atoms with E-state index in [9.17, 15) is 9.59 Å². The Balaban J connectivity index is 1.83. The molecule has 1 saturated heterocycles. The zero-order chi connectivity index (χ0) is 29.3. The summed E-state index contributed by atoms with van der Waals surface area (Å²) >= 11 is 0. The van der Waals surface area contributed by atoms with Gasteiger partial charge in [-0.15, -0.1) is 0 Å². The molecular weight excluding hydrogens is 512 g/mol. The molecule has 0 bridgehead atoms. The number of ether oxygens (including phenoxy) is 6. The topological polar surface area (TPSA) is 89.5 Å². The molecule has 1 aliphatic rings. The first-order valence-corrected chi connectivity index (χ1v) is 13.8. The molecule has 220 valence electrons.